The third-order valence-corrected chi connectivity index (χ3v) is 8.61. The highest BCUT2D eigenvalue weighted by molar-refractivity contribution is 6.08. The monoisotopic (exact) mass is 457 g/mol. The molecule has 176 valence electrons. The molecule has 1 aliphatic heterocycles. The highest BCUT2D eigenvalue weighted by Crippen LogP contribution is 2.60. The third-order valence-electron chi connectivity index (χ3n) is 8.61. The molecular formula is C26H30F3N3O. The number of fused-ring (bicyclic) bond motifs is 4. The quantitative estimate of drug-likeness (QED) is 0.577. The lowest BCUT2D eigenvalue weighted by molar-refractivity contribution is -0.136. The number of hydrogen-bond donors (Lipinski definition) is 0. The molecule has 0 N–H and O–H groups in total. The zero-order chi connectivity index (χ0) is 22.8. The first-order valence-corrected chi connectivity index (χ1v) is 12.4. The van der Waals surface area contributed by atoms with E-state index in [0.29, 0.717) is 24.9 Å². The van der Waals surface area contributed by atoms with Crippen LogP contribution < -0.4 is 4.90 Å². The normalized spacial score (nSPS) is 28.1. The summed E-state index contributed by atoms with van der Waals surface area (Å²) in [5.74, 6) is 2.21. The van der Waals surface area contributed by atoms with Crippen LogP contribution in [0.15, 0.2) is 24.3 Å². The molecule has 2 saturated carbocycles. The number of benzene rings is 1. The average Bonchev–Trinajstić information content (AvgIpc) is 3.33. The molecule has 2 fully saturated rings. The van der Waals surface area contributed by atoms with Crippen LogP contribution in [0, 0.1) is 11.8 Å². The predicted molar refractivity (Wildman–Crippen MR) is 119 cm³/mol. The fourth-order valence-electron chi connectivity index (χ4n) is 6.92. The van der Waals surface area contributed by atoms with Crippen molar-refractivity contribution < 1.29 is 18.0 Å². The van der Waals surface area contributed by atoms with E-state index >= 15 is 0 Å². The number of amides is 1. The summed E-state index contributed by atoms with van der Waals surface area (Å²) in [6.45, 7) is 0.641. The van der Waals surface area contributed by atoms with Crippen LogP contribution in [0.25, 0.3) is 0 Å². The summed E-state index contributed by atoms with van der Waals surface area (Å²) in [5, 5.41) is 0. The van der Waals surface area contributed by atoms with Crippen molar-refractivity contribution in [3.8, 4) is 0 Å². The van der Waals surface area contributed by atoms with Gasteiger partial charge in [-0.25, -0.2) is 4.98 Å². The lowest BCUT2D eigenvalue weighted by Crippen LogP contribution is -2.39. The maximum Gasteiger partial charge on any atom is 0.389 e. The Bertz CT molecular complexity index is 1080. The van der Waals surface area contributed by atoms with Crippen molar-refractivity contribution in [3.63, 3.8) is 0 Å². The number of imidazole rings is 1. The zero-order valence-electron chi connectivity index (χ0n) is 18.8. The van der Waals surface area contributed by atoms with Crippen molar-refractivity contribution in [1.29, 1.82) is 0 Å². The van der Waals surface area contributed by atoms with Gasteiger partial charge in [0.05, 0.1) is 17.7 Å². The Labute approximate surface area is 192 Å². The summed E-state index contributed by atoms with van der Waals surface area (Å²) in [6, 6.07) is 8.13. The van der Waals surface area contributed by atoms with E-state index in [1.165, 1.54) is 12.8 Å². The topological polar surface area (TPSA) is 38.1 Å². The van der Waals surface area contributed by atoms with Crippen LogP contribution >= 0.6 is 0 Å². The van der Waals surface area contributed by atoms with E-state index < -0.39 is 18.0 Å². The van der Waals surface area contributed by atoms with Crippen LogP contribution in [0.5, 0.6) is 0 Å². The van der Waals surface area contributed by atoms with Crippen molar-refractivity contribution in [2.75, 3.05) is 4.90 Å². The Morgan fingerprint density at radius 2 is 1.79 bits per heavy atom. The van der Waals surface area contributed by atoms with Crippen molar-refractivity contribution >= 4 is 11.6 Å². The number of para-hydroxylation sites is 1. The molecule has 6 rings (SSSR count). The van der Waals surface area contributed by atoms with Crippen LogP contribution in [0.4, 0.5) is 18.9 Å². The van der Waals surface area contributed by atoms with Crippen molar-refractivity contribution in [3.05, 3.63) is 47.0 Å². The predicted octanol–water partition coefficient (Wildman–Crippen LogP) is 5.71. The molecule has 4 aliphatic rings. The second-order valence-electron chi connectivity index (χ2n) is 10.5. The van der Waals surface area contributed by atoms with Gasteiger partial charge in [0.25, 0.3) is 0 Å². The molecule has 0 radical (unpaired) electrons. The van der Waals surface area contributed by atoms with Crippen LogP contribution in [0.3, 0.4) is 0 Å². The Balaban J connectivity index is 1.33. The Morgan fingerprint density at radius 3 is 2.52 bits per heavy atom. The molecule has 0 saturated heterocycles. The minimum absolute atomic E-state index is 0.0388. The largest absolute Gasteiger partial charge is 0.389 e. The van der Waals surface area contributed by atoms with E-state index in [0.717, 1.165) is 67.0 Å². The maximum atomic E-state index is 13.9. The van der Waals surface area contributed by atoms with Crippen molar-refractivity contribution in [2.24, 2.45) is 11.8 Å². The smallest absolute Gasteiger partial charge is 0.330 e. The Kier molecular flexibility index (Phi) is 4.89. The molecule has 2 aromatic rings. The molecule has 1 aromatic heterocycles. The second-order valence-corrected chi connectivity index (χ2v) is 10.5. The van der Waals surface area contributed by atoms with Gasteiger partial charge in [0.1, 0.15) is 5.82 Å². The molecule has 2 unspecified atom stereocenters. The number of alkyl halides is 3. The van der Waals surface area contributed by atoms with Gasteiger partial charge in [0, 0.05) is 24.3 Å². The standard InChI is InChI=1S/C26H30F3N3O/c27-26(28,29)12-5-13-31-22-9-4-2-7-20(22)30-23(31)16-32-21-8-3-1-6-19(21)25(24(32)33)14-17-10-11-18(17)15-25/h1,3,6,8,17-18H,2,4-5,7,9-16H2. The summed E-state index contributed by atoms with van der Waals surface area (Å²) in [6.07, 6.45) is 3.21. The summed E-state index contributed by atoms with van der Waals surface area (Å²) in [7, 11) is 0. The number of hydrogen-bond acceptors (Lipinski definition) is 2. The van der Waals surface area contributed by atoms with E-state index in [1.807, 2.05) is 27.7 Å². The Hall–Kier alpha value is -2.31. The van der Waals surface area contributed by atoms with Gasteiger partial charge in [-0.3, -0.25) is 4.79 Å². The number of aryl methyl sites for hydroxylation is 1. The summed E-state index contributed by atoms with van der Waals surface area (Å²) < 4.78 is 40.5. The summed E-state index contributed by atoms with van der Waals surface area (Å²) in [5.41, 5.74) is 3.77. The van der Waals surface area contributed by atoms with E-state index in [4.69, 9.17) is 4.98 Å². The second kappa shape index (κ2) is 7.60. The van der Waals surface area contributed by atoms with Crippen molar-refractivity contribution in [1.82, 2.24) is 9.55 Å². The number of anilines is 1. The molecule has 7 heteroatoms. The first-order valence-electron chi connectivity index (χ1n) is 12.4. The first-order chi connectivity index (χ1) is 15.9. The van der Waals surface area contributed by atoms with Crippen LogP contribution in [0.2, 0.25) is 0 Å². The molecular weight excluding hydrogens is 427 g/mol. The minimum atomic E-state index is -4.15. The van der Waals surface area contributed by atoms with E-state index in [2.05, 4.69) is 6.07 Å². The highest BCUT2D eigenvalue weighted by Gasteiger charge is 2.59. The SMILES string of the molecule is O=C1N(Cc2nc3c(n2CCCC(F)(F)F)CCCC3)c2ccccc2C12CC1CCC1C2. The summed E-state index contributed by atoms with van der Waals surface area (Å²) >= 11 is 0. The van der Waals surface area contributed by atoms with Crippen LogP contribution in [-0.4, -0.2) is 21.6 Å². The molecule has 1 spiro atoms. The third kappa shape index (κ3) is 3.41. The van der Waals surface area contributed by atoms with Gasteiger partial charge in [-0.15, -0.1) is 0 Å². The number of nitrogens with zero attached hydrogens (tertiary/aromatic N) is 3. The molecule has 1 amide bonds. The van der Waals surface area contributed by atoms with E-state index in [9.17, 15) is 18.0 Å². The van der Waals surface area contributed by atoms with Crippen molar-refractivity contribution in [2.45, 2.75) is 88.9 Å². The molecule has 2 heterocycles. The van der Waals surface area contributed by atoms with E-state index in [1.54, 1.807) is 0 Å². The van der Waals surface area contributed by atoms with Crippen LogP contribution in [-0.2, 0) is 36.1 Å². The fraction of sp³-hybridized carbons (Fsp3) is 0.615. The van der Waals surface area contributed by atoms with Crippen LogP contribution in [0.1, 0.15) is 74.1 Å². The van der Waals surface area contributed by atoms with Gasteiger partial charge < -0.3 is 9.47 Å². The fourth-order valence-corrected chi connectivity index (χ4v) is 6.92. The van der Waals surface area contributed by atoms with E-state index in [-0.39, 0.29) is 12.3 Å². The number of aromatic nitrogens is 2. The molecule has 0 bridgehead atoms. The van der Waals surface area contributed by atoms with Gasteiger partial charge in [0.15, 0.2) is 0 Å². The van der Waals surface area contributed by atoms with Gasteiger partial charge >= 0.3 is 6.18 Å². The number of halogens is 3. The molecule has 33 heavy (non-hydrogen) atoms. The van der Waals surface area contributed by atoms with Gasteiger partial charge in [-0.05, 0) is 81.3 Å². The zero-order valence-corrected chi connectivity index (χ0v) is 18.8. The highest BCUT2D eigenvalue weighted by atomic mass is 19.4. The minimum Gasteiger partial charge on any atom is -0.330 e. The first kappa shape index (κ1) is 21.2. The molecule has 3 aliphatic carbocycles. The average molecular weight is 458 g/mol. The lowest BCUT2D eigenvalue weighted by Gasteiger charge is -2.29. The number of rotatable bonds is 5. The summed E-state index contributed by atoms with van der Waals surface area (Å²) in [4.78, 5) is 20.7. The van der Waals surface area contributed by atoms with Gasteiger partial charge in [-0.2, -0.15) is 13.2 Å². The number of carbonyl (C=O) groups is 1. The maximum absolute atomic E-state index is 13.9. The van der Waals surface area contributed by atoms with Gasteiger partial charge in [-0.1, -0.05) is 18.2 Å². The molecule has 2 atom stereocenters. The van der Waals surface area contributed by atoms with Gasteiger partial charge in [0.2, 0.25) is 5.91 Å². The molecule has 4 nitrogen and oxygen atoms in total. The number of carbonyl (C=O) groups excluding carboxylic acids is 1. The lowest BCUT2D eigenvalue weighted by atomic mass is 9.77. The molecule has 1 aromatic carbocycles. The Morgan fingerprint density at radius 1 is 1.06 bits per heavy atom.